The van der Waals surface area contributed by atoms with Crippen molar-refractivity contribution in [2.45, 2.75) is 62.9 Å². The summed E-state index contributed by atoms with van der Waals surface area (Å²) in [6.07, 6.45) is 1.97. The molecule has 0 aromatic heterocycles. The molecule has 1 saturated carbocycles. The number of sulfonamides is 1. The van der Waals surface area contributed by atoms with Gasteiger partial charge < -0.3 is 14.7 Å². The number of methoxy groups -OCH3 is 1. The van der Waals surface area contributed by atoms with Crippen molar-refractivity contribution in [3.8, 4) is 5.75 Å². The van der Waals surface area contributed by atoms with Crippen LogP contribution in [0, 0.1) is 23.3 Å². The number of rotatable bonds is 12. The molecule has 0 saturated heterocycles. The van der Waals surface area contributed by atoms with E-state index in [0.717, 1.165) is 24.0 Å². The number of carboxylic acid groups (broad SMARTS) is 1. The number of nitrogens with zero attached hydrogens (tertiary/aromatic N) is 2. The Bertz CT molecular complexity index is 2150. The van der Waals surface area contributed by atoms with Crippen LogP contribution in [0.2, 0.25) is 10.0 Å². The van der Waals surface area contributed by atoms with Crippen molar-refractivity contribution in [1.82, 2.24) is 4.31 Å². The van der Waals surface area contributed by atoms with Crippen molar-refractivity contribution < 1.29 is 45.4 Å². The van der Waals surface area contributed by atoms with E-state index in [2.05, 4.69) is 6.07 Å². The highest BCUT2D eigenvalue weighted by molar-refractivity contribution is 7.89. The van der Waals surface area contributed by atoms with E-state index in [1.54, 1.807) is 6.07 Å². The molecule has 0 spiro atoms. The van der Waals surface area contributed by atoms with Crippen LogP contribution in [0.25, 0.3) is 0 Å². The number of carbonyl (C=O) groups excluding carboxylic acids is 1. The van der Waals surface area contributed by atoms with Crippen LogP contribution in [0.3, 0.4) is 0 Å². The van der Waals surface area contributed by atoms with Crippen LogP contribution < -0.4 is 9.64 Å². The van der Waals surface area contributed by atoms with Gasteiger partial charge in [-0.1, -0.05) is 80.4 Å². The van der Waals surface area contributed by atoms with Gasteiger partial charge in [-0.3, -0.25) is 4.79 Å². The summed E-state index contributed by atoms with van der Waals surface area (Å²) in [7, 11) is -4.17. The highest BCUT2D eigenvalue weighted by atomic mass is 35.5. The minimum atomic E-state index is -5.43. The molecule has 4 aromatic carbocycles. The Balaban J connectivity index is 1.67. The van der Waals surface area contributed by atoms with Gasteiger partial charge >= 0.3 is 5.97 Å². The minimum absolute atomic E-state index is 0.0417. The lowest BCUT2D eigenvalue weighted by atomic mass is 9.84. The summed E-state index contributed by atoms with van der Waals surface area (Å²) in [5, 5.41) is 8.11. The van der Waals surface area contributed by atoms with Crippen molar-refractivity contribution in [3.05, 3.63) is 122 Å². The maximum absolute atomic E-state index is 15.2. The molecule has 4 aromatic rings. The van der Waals surface area contributed by atoms with Gasteiger partial charge in [0.1, 0.15) is 15.7 Å². The van der Waals surface area contributed by atoms with Gasteiger partial charge in [-0.2, -0.15) is 4.31 Å². The molecule has 1 amide bonds. The molecule has 5 rings (SSSR count). The Morgan fingerprint density at radius 3 is 2.15 bits per heavy atom. The Morgan fingerprint density at radius 2 is 1.56 bits per heavy atom. The third-order valence-corrected chi connectivity index (χ3v) is 11.3. The zero-order valence-corrected chi connectivity index (χ0v) is 30.8. The fourth-order valence-electron chi connectivity index (χ4n) is 5.64. The normalized spacial score (nSPS) is 13.4. The molecule has 1 fully saturated rings. The van der Waals surface area contributed by atoms with Gasteiger partial charge in [0.25, 0.3) is 0 Å². The molecule has 276 valence electrons. The first kappa shape index (κ1) is 39.0. The van der Waals surface area contributed by atoms with Crippen LogP contribution in [0.1, 0.15) is 72.1 Å². The molecule has 1 aliphatic rings. The maximum atomic E-state index is 15.2. The third kappa shape index (κ3) is 8.07. The Labute approximate surface area is 308 Å². The Kier molecular flexibility index (Phi) is 11.3. The molecule has 15 heteroatoms. The lowest BCUT2D eigenvalue weighted by Crippen LogP contribution is -2.43. The van der Waals surface area contributed by atoms with Gasteiger partial charge in [0, 0.05) is 11.6 Å². The van der Waals surface area contributed by atoms with Crippen molar-refractivity contribution in [2.75, 3.05) is 18.6 Å². The number of amides is 1. The highest BCUT2D eigenvalue weighted by Crippen LogP contribution is 2.42. The summed E-state index contributed by atoms with van der Waals surface area (Å²) >= 11 is 12.1. The van der Waals surface area contributed by atoms with Crippen molar-refractivity contribution in [2.24, 2.45) is 0 Å². The Morgan fingerprint density at radius 1 is 0.904 bits per heavy atom. The topological polar surface area (TPSA) is 104 Å². The molecular formula is C37H34Cl2F4N2O6S. The molecule has 0 aliphatic heterocycles. The van der Waals surface area contributed by atoms with E-state index in [1.165, 1.54) is 48.4 Å². The van der Waals surface area contributed by atoms with Crippen LogP contribution in [-0.4, -0.2) is 43.4 Å². The first-order chi connectivity index (χ1) is 24.3. The molecule has 52 heavy (non-hydrogen) atoms. The fraction of sp³-hybridized carbons (Fsp3) is 0.297. The second-order valence-electron chi connectivity index (χ2n) is 13.4. The monoisotopic (exact) mass is 780 g/mol. The van der Waals surface area contributed by atoms with E-state index in [-0.39, 0.29) is 39.5 Å². The third-order valence-electron chi connectivity index (χ3n) is 8.67. The van der Waals surface area contributed by atoms with Gasteiger partial charge in [0.2, 0.25) is 15.9 Å². The van der Waals surface area contributed by atoms with Crippen LogP contribution in [0.4, 0.5) is 23.2 Å². The number of hydrogen-bond acceptors (Lipinski definition) is 5. The van der Waals surface area contributed by atoms with Crippen LogP contribution in [-0.2, 0) is 33.3 Å². The van der Waals surface area contributed by atoms with E-state index < -0.39 is 68.2 Å². The standard InChI is InChI=1S/C37H34Cl2F4N2O6S/c1-37(2,3)25-14-20(13-24(15-25)21-9-10-21)17-45(27-12-11-22(36(47)48)16-28(27)51-4)29(46)19-44(18-23-7-5-6-8-26(23)38)52(49,50)35-30(39)31(40)32(41)33(42)34(35)43/h5-8,11-16,21H,9-10,17-19H2,1-4H3,(H,47,48). The van der Waals surface area contributed by atoms with Crippen molar-refractivity contribution in [3.63, 3.8) is 0 Å². The van der Waals surface area contributed by atoms with E-state index in [4.69, 9.17) is 27.9 Å². The largest absolute Gasteiger partial charge is 0.495 e. The molecule has 0 bridgehead atoms. The van der Waals surface area contributed by atoms with Crippen LogP contribution in [0.15, 0.2) is 65.6 Å². The fourth-order valence-corrected chi connectivity index (χ4v) is 7.77. The van der Waals surface area contributed by atoms with Crippen LogP contribution >= 0.6 is 23.2 Å². The summed E-state index contributed by atoms with van der Waals surface area (Å²) in [5.41, 5.74) is 2.42. The number of anilines is 1. The number of carboxylic acids is 1. The molecule has 8 nitrogen and oxygen atoms in total. The predicted octanol–water partition coefficient (Wildman–Crippen LogP) is 8.86. The van der Waals surface area contributed by atoms with Crippen molar-refractivity contribution in [1.29, 1.82) is 0 Å². The first-order valence-electron chi connectivity index (χ1n) is 16.0. The smallest absolute Gasteiger partial charge is 0.335 e. The van der Waals surface area contributed by atoms with E-state index >= 15 is 4.39 Å². The number of hydrogen-bond donors (Lipinski definition) is 1. The lowest BCUT2D eigenvalue weighted by Gasteiger charge is -2.30. The average Bonchev–Trinajstić information content (AvgIpc) is 3.94. The quantitative estimate of drug-likeness (QED) is 0.0876. The van der Waals surface area contributed by atoms with E-state index in [0.29, 0.717) is 15.8 Å². The number of ether oxygens (including phenoxy) is 1. The highest BCUT2D eigenvalue weighted by Gasteiger charge is 2.38. The molecule has 0 heterocycles. The van der Waals surface area contributed by atoms with Gasteiger partial charge in [0.05, 0.1) is 31.5 Å². The van der Waals surface area contributed by atoms with E-state index in [1.807, 2.05) is 32.9 Å². The van der Waals surface area contributed by atoms with Gasteiger partial charge in [0.15, 0.2) is 23.3 Å². The molecule has 0 atom stereocenters. The summed E-state index contributed by atoms with van der Waals surface area (Å²) in [6.45, 7) is 4.13. The van der Waals surface area contributed by atoms with Crippen molar-refractivity contribution >= 4 is 50.8 Å². The number of aromatic carboxylic acids is 1. The zero-order valence-electron chi connectivity index (χ0n) is 28.4. The maximum Gasteiger partial charge on any atom is 0.335 e. The van der Waals surface area contributed by atoms with Crippen LogP contribution in [0.5, 0.6) is 5.75 Å². The molecule has 1 N–H and O–H groups in total. The zero-order chi connectivity index (χ0) is 38.3. The number of carbonyl (C=O) groups is 2. The summed E-state index contributed by atoms with van der Waals surface area (Å²) < 4.78 is 92.5. The Hall–Kier alpha value is -4.17. The number of benzene rings is 4. The average molecular weight is 782 g/mol. The summed E-state index contributed by atoms with van der Waals surface area (Å²) in [4.78, 5) is 25.8. The molecule has 1 aliphatic carbocycles. The lowest BCUT2D eigenvalue weighted by molar-refractivity contribution is -0.119. The SMILES string of the molecule is COc1cc(C(=O)O)ccc1N(Cc1cc(C2CC2)cc(C(C)(C)C)c1)C(=O)CN(Cc1ccccc1Cl)S(=O)(=O)c1c(F)c(F)c(F)c(F)c1Cl. The van der Waals surface area contributed by atoms with Gasteiger partial charge in [-0.25, -0.2) is 30.8 Å². The predicted molar refractivity (Wildman–Crippen MR) is 189 cm³/mol. The molecule has 0 unspecified atom stereocenters. The van der Waals surface area contributed by atoms with Gasteiger partial charge in [-0.15, -0.1) is 0 Å². The second kappa shape index (κ2) is 15.1. The second-order valence-corrected chi connectivity index (χ2v) is 16.1. The molecular weight excluding hydrogens is 747 g/mol. The first-order valence-corrected chi connectivity index (χ1v) is 18.2. The minimum Gasteiger partial charge on any atom is -0.495 e. The summed E-state index contributed by atoms with van der Waals surface area (Å²) in [5.74, 6) is -11.1. The van der Waals surface area contributed by atoms with E-state index in [9.17, 15) is 36.3 Å². The molecule has 0 radical (unpaired) electrons. The van der Waals surface area contributed by atoms with Gasteiger partial charge in [-0.05, 0) is 70.7 Å². The summed E-state index contributed by atoms with van der Waals surface area (Å²) in [6, 6.07) is 15.6. The number of halogens is 6.